The average molecular weight is 410 g/mol. The standard InChI is InChI=1S/C18H22N2O7S/c1-3-19(14-7-5-4-6-8-14)17(21)12-27-18(22)13-9-10-16(28(2,25)26)15(11-13)20(23)24/h7,9-11H,3-6,8,12H2,1-2H3. The number of allylic oxidation sites excluding steroid dienone is 2. The molecule has 0 unspecified atom stereocenters. The molecule has 0 atom stereocenters. The van der Waals surface area contributed by atoms with E-state index < -0.39 is 37.9 Å². The lowest BCUT2D eigenvalue weighted by molar-refractivity contribution is -0.387. The van der Waals surface area contributed by atoms with Gasteiger partial charge in [-0.15, -0.1) is 0 Å². The summed E-state index contributed by atoms with van der Waals surface area (Å²) in [5.41, 5.74) is -0.0133. The van der Waals surface area contributed by atoms with Gasteiger partial charge in [0.25, 0.3) is 11.6 Å². The van der Waals surface area contributed by atoms with Crippen LogP contribution in [0.4, 0.5) is 5.69 Å². The minimum atomic E-state index is -3.83. The second-order valence-corrected chi connectivity index (χ2v) is 8.35. The third kappa shape index (κ3) is 5.16. The summed E-state index contributed by atoms with van der Waals surface area (Å²) in [5, 5.41) is 11.1. The number of nitro benzene ring substituents is 1. The molecule has 0 fully saturated rings. The first-order valence-electron chi connectivity index (χ1n) is 8.80. The van der Waals surface area contributed by atoms with Crippen LogP contribution in [0, 0.1) is 10.1 Å². The topological polar surface area (TPSA) is 124 Å². The molecule has 0 saturated carbocycles. The third-order valence-electron chi connectivity index (χ3n) is 4.35. The number of rotatable bonds is 7. The molecule has 1 aliphatic carbocycles. The molecule has 1 aromatic rings. The fraction of sp³-hybridized carbons (Fsp3) is 0.444. The molecule has 1 aromatic carbocycles. The first kappa shape index (κ1) is 21.5. The van der Waals surface area contributed by atoms with Crippen LogP contribution in [0.3, 0.4) is 0 Å². The lowest BCUT2D eigenvalue weighted by Crippen LogP contribution is -2.34. The predicted molar refractivity (Wildman–Crippen MR) is 100 cm³/mol. The van der Waals surface area contributed by atoms with E-state index in [1.807, 2.05) is 13.0 Å². The summed E-state index contributed by atoms with van der Waals surface area (Å²) in [5.74, 6) is -1.32. The monoisotopic (exact) mass is 410 g/mol. The van der Waals surface area contributed by atoms with E-state index in [0.717, 1.165) is 55.8 Å². The molecule has 0 bridgehead atoms. The fourth-order valence-electron chi connectivity index (χ4n) is 3.00. The van der Waals surface area contributed by atoms with E-state index in [1.54, 1.807) is 4.90 Å². The van der Waals surface area contributed by atoms with E-state index in [-0.39, 0.29) is 11.5 Å². The van der Waals surface area contributed by atoms with Crippen molar-refractivity contribution >= 4 is 27.4 Å². The van der Waals surface area contributed by atoms with Crippen LogP contribution in [-0.4, -0.2) is 49.5 Å². The van der Waals surface area contributed by atoms with Crippen molar-refractivity contribution in [2.75, 3.05) is 19.4 Å². The molecule has 28 heavy (non-hydrogen) atoms. The van der Waals surface area contributed by atoms with Gasteiger partial charge in [0.1, 0.15) is 4.90 Å². The molecule has 0 radical (unpaired) electrons. The van der Waals surface area contributed by atoms with Gasteiger partial charge < -0.3 is 9.64 Å². The number of likely N-dealkylation sites (N-methyl/N-ethyl adjacent to an activating group) is 1. The first-order valence-corrected chi connectivity index (χ1v) is 10.7. The SMILES string of the molecule is CCN(C(=O)COC(=O)c1ccc(S(C)(=O)=O)c([N+](=O)[O-])c1)C1=CCCCC1. The smallest absolute Gasteiger partial charge is 0.338 e. The van der Waals surface area contributed by atoms with Crippen molar-refractivity contribution in [3.8, 4) is 0 Å². The highest BCUT2D eigenvalue weighted by atomic mass is 32.2. The van der Waals surface area contributed by atoms with E-state index in [2.05, 4.69) is 0 Å². The van der Waals surface area contributed by atoms with Crippen molar-refractivity contribution in [1.82, 2.24) is 4.90 Å². The number of hydrogen-bond acceptors (Lipinski definition) is 7. The number of esters is 1. The van der Waals surface area contributed by atoms with Gasteiger partial charge in [0.2, 0.25) is 0 Å². The molecule has 2 rings (SSSR count). The van der Waals surface area contributed by atoms with Crippen LogP contribution in [-0.2, 0) is 19.4 Å². The van der Waals surface area contributed by atoms with Gasteiger partial charge in [-0.3, -0.25) is 14.9 Å². The summed E-state index contributed by atoms with van der Waals surface area (Å²) in [6.45, 7) is 1.75. The predicted octanol–water partition coefficient (Wildman–Crippen LogP) is 2.46. The maximum Gasteiger partial charge on any atom is 0.338 e. The number of hydrogen-bond donors (Lipinski definition) is 0. The summed E-state index contributed by atoms with van der Waals surface area (Å²) in [6.07, 6.45) is 6.59. The summed E-state index contributed by atoms with van der Waals surface area (Å²) >= 11 is 0. The summed E-state index contributed by atoms with van der Waals surface area (Å²) < 4.78 is 28.3. The van der Waals surface area contributed by atoms with Gasteiger partial charge in [0, 0.05) is 24.6 Å². The minimum Gasteiger partial charge on any atom is -0.452 e. The van der Waals surface area contributed by atoms with Gasteiger partial charge in [-0.05, 0) is 44.7 Å². The number of amides is 1. The van der Waals surface area contributed by atoms with Crippen molar-refractivity contribution < 1.29 is 27.7 Å². The highest BCUT2D eigenvalue weighted by molar-refractivity contribution is 7.90. The van der Waals surface area contributed by atoms with Crippen molar-refractivity contribution in [3.05, 3.63) is 45.6 Å². The number of benzene rings is 1. The lowest BCUT2D eigenvalue weighted by atomic mass is 10.0. The van der Waals surface area contributed by atoms with E-state index >= 15 is 0 Å². The van der Waals surface area contributed by atoms with Crippen LogP contribution >= 0.6 is 0 Å². The van der Waals surface area contributed by atoms with Crippen LogP contribution in [0.1, 0.15) is 43.0 Å². The zero-order chi connectivity index (χ0) is 20.9. The number of ether oxygens (including phenoxy) is 1. The number of nitro groups is 1. The lowest BCUT2D eigenvalue weighted by Gasteiger charge is -2.26. The highest BCUT2D eigenvalue weighted by Crippen LogP contribution is 2.25. The minimum absolute atomic E-state index is 0.202. The fourth-order valence-corrected chi connectivity index (χ4v) is 3.82. The molecule has 10 heteroatoms. The van der Waals surface area contributed by atoms with E-state index in [4.69, 9.17) is 4.74 Å². The van der Waals surface area contributed by atoms with Crippen molar-refractivity contribution in [2.45, 2.75) is 37.5 Å². The van der Waals surface area contributed by atoms with E-state index in [0.29, 0.717) is 6.54 Å². The Morgan fingerprint density at radius 2 is 2.00 bits per heavy atom. The summed E-state index contributed by atoms with van der Waals surface area (Å²) in [7, 11) is -3.83. The van der Waals surface area contributed by atoms with Crippen LogP contribution in [0.25, 0.3) is 0 Å². The Morgan fingerprint density at radius 3 is 2.54 bits per heavy atom. The number of nitrogens with zero attached hydrogens (tertiary/aromatic N) is 2. The molecular weight excluding hydrogens is 388 g/mol. The van der Waals surface area contributed by atoms with E-state index in [9.17, 15) is 28.1 Å². The Kier molecular flexibility index (Phi) is 6.90. The quantitative estimate of drug-likeness (QED) is 0.384. The Bertz CT molecular complexity index is 922. The van der Waals surface area contributed by atoms with Gasteiger partial charge in [0.05, 0.1) is 10.5 Å². The molecule has 1 aliphatic rings. The van der Waals surface area contributed by atoms with Crippen LogP contribution in [0.2, 0.25) is 0 Å². The Hall–Kier alpha value is -2.75. The largest absolute Gasteiger partial charge is 0.452 e. The molecule has 152 valence electrons. The normalized spacial score (nSPS) is 14.1. The van der Waals surface area contributed by atoms with Crippen LogP contribution < -0.4 is 0 Å². The van der Waals surface area contributed by atoms with Crippen molar-refractivity contribution in [2.24, 2.45) is 0 Å². The Labute approximate surface area is 163 Å². The highest BCUT2D eigenvalue weighted by Gasteiger charge is 2.25. The van der Waals surface area contributed by atoms with Crippen molar-refractivity contribution in [1.29, 1.82) is 0 Å². The van der Waals surface area contributed by atoms with Crippen LogP contribution in [0.15, 0.2) is 34.9 Å². The number of carbonyl (C=O) groups excluding carboxylic acids is 2. The zero-order valence-electron chi connectivity index (χ0n) is 15.7. The molecule has 0 N–H and O–H groups in total. The molecule has 0 saturated heterocycles. The van der Waals surface area contributed by atoms with Crippen molar-refractivity contribution in [3.63, 3.8) is 0 Å². The van der Waals surface area contributed by atoms with Gasteiger partial charge >= 0.3 is 5.97 Å². The molecule has 0 heterocycles. The second kappa shape index (κ2) is 8.96. The van der Waals surface area contributed by atoms with E-state index in [1.165, 1.54) is 0 Å². The van der Waals surface area contributed by atoms with Gasteiger partial charge in [0.15, 0.2) is 16.4 Å². The maximum absolute atomic E-state index is 12.4. The molecule has 0 spiro atoms. The number of carbonyl (C=O) groups is 2. The maximum atomic E-state index is 12.4. The molecular formula is C18H22N2O7S. The van der Waals surface area contributed by atoms with Gasteiger partial charge in [-0.25, -0.2) is 13.2 Å². The van der Waals surface area contributed by atoms with Gasteiger partial charge in [-0.1, -0.05) is 6.08 Å². The number of sulfone groups is 1. The Balaban J connectivity index is 2.12. The van der Waals surface area contributed by atoms with Crippen LogP contribution in [0.5, 0.6) is 0 Å². The molecule has 1 amide bonds. The molecule has 9 nitrogen and oxygen atoms in total. The average Bonchev–Trinajstić information content (AvgIpc) is 2.66. The summed E-state index contributed by atoms with van der Waals surface area (Å²) in [4.78, 5) is 35.9. The zero-order valence-corrected chi connectivity index (χ0v) is 16.5. The third-order valence-corrected chi connectivity index (χ3v) is 5.49. The summed E-state index contributed by atoms with van der Waals surface area (Å²) in [6, 6.07) is 2.94. The van der Waals surface area contributed by atoms with Gasteiger partial charge in [-0.2, -0.15) is 0 Å². The Morgan fingerprint density at radius 1 is 1.29 bits per heavy atom. The molecule has 0 aliphatic heterocycles. The first-order chi connectivity index (χ1) is 13.1. The molecule has 0 aromatic heterocycles. The second-order valence-electron chi connectivity index (χ2n) is 6.37.